The lowest BCUT2D eigenvalue weighted by molar-refractivity contribution is -0.140. The van der Waals surface area contributed by atoms with Crippen molar-refractivity contribution in [2.75, 3.05) is 13.7 Å². The summed E-state index contributed by atoms with van der Waals surface area (Å²) in [6, 6.07) is 17.5. The molecule has 0 aliphatic rings. The minimum atomic E-state index is -0.263. The first-order chi connectivity index (χ1) is 10.7. The largest absolute Gasteiger partial charge is 0.469 e. The highest BCUT2D eigenvalue weighted by molar-refractivity contribution is 5.94. The molecule has 2 aromatic carbocycles. The van der Waals surface area contributed by atoms with Crippen LogP contribution in [-0.4, -0.2) is 25.5 Å². The van der Waals surface area contributed by atoms with Gasteiger partial charge in [0.1, 0.15) is 0 Å². The number of carbonyl (C=O) groups is 2. The minimum Gasteiger partial charge on any atom is -0.469 e. The maximum Gasteiger partial charge on any atom is 0.305 e. The Labute approximate surface area is 130 Å². The number of amides is 1. The van der Waals surface area contributed by atoms with Crippen LogP contribution in [0.25, 0.3) is 11.1 Å². The van der Waals surface area contributed by atoms with Crippen LogP contribution in [0.4, 0.5) is 0 Å². The van der Waals surface area contributed by atoms with E-state index in [-0.39, 0.29) is 11.9 Å². The Hall–Kier alpha value is -2.62. The Bertz CT molecular complexity index is 621. The lowest BCUT2D eigenvalue weighted by Gasteiger charge is -2.06. The molecule has 1 amide bonds. The third-order valence-corrected chi connectivity index (χ3v) is 3.33. The second kappa shape index (κ2) is 7.98. The van der Waals surface area contributed by atoms with Crippen LogP contribution in [0.5, 0.6) is 0 Å². The summed E-state index contributed by atoms with van der Waals surface area (Å²) in [6.45, 7) is 0.453. The Morgan fingerprint density at radius 1 is 0.955 bits per heavy atom. The van der Waals surface area contributed by atoms with E-state index in [0.717, 1.165) is 11.1 Å². The molecule has 0 aliphatic carbocycles. The van der Waals surface area contributed by atoms with Gasteiger partial charge in [-0.25, -0.2) is 0 Å². The smallest absolute Gasteiger partial charge is 0.305 e. The fraction of sp³-hybridized carbons (Fsp3) is 0.222. The molecule has 0 unspecified atom stereocenters. The average molecular weight is 297 g/mol. The van der Waals surface area contributed by atoms with Gasteiger partial charge < -0.3 is 10.1 Å². The van der Waals surface area contributed by atoms with Crippen LogP contribution in [0.15, 0.2) is 54.6 Å². The lowest BCUT2D eigenvalue weighted by Crippen LogP contribution is -2.24. The normalized spacial score (nSPS) is 10.0. The molecular formula is C18H19NO3. The molecule has 4 nitrogen and oxygen atoms in total. The standard InChI is InChI=1S/C18H19NO3/c1-22-17(20)8-5-13-19-18(21)16-11-9-15(10-12-16)14-6-3-2-4-7-14/h2-4,6-7,9-12H,5,8,13H2,1H3,(H,19,21). The zero-order valence-electron chi connectivity index (χ0n) is 12.5. The van der Waals surface area contributed by atoms with E-state index in [4.69, 9.17) is 0 Å². The van der Waals surface area contributed by atoms with Crippen LogP contribution >= 0.6 is 0 Å². The van der Waals surface area contributed by atoms with Crippen molar-refractivity contribution in [1.29, 1.82) is 0 Å². The van der Waals surface area contributed by atoms with Crippen LogP contribution in [-0.2, 0) is 9.53 Å². The number of rotatable bonds is 6. The summed E-state index contributed by atoms with van der Waals surface area (Å²) in [5.74, 6) is -0.397. The first-order valence-corrected chi connectivity index (χ1v) is 7.21. The second-order valence-electron chi connectivity index (χ2n) is 4.88. The number of benzene rings is 2. The van der Waals surface area contributed by atoms with E-state index in [1.54, 1.807) is 12.1 Å². The predicted molar refractivity (Wildman–Crippen MR) is 85.5 cm³/mol. The molecule has 0 radical (unpaired) electrons. The number of ether oxygens (including phenoxy) is 1. The minimum absolute atomic E-state index is 0.135. The fourth-order valence-electron chi connectivity index (χ4n) is 2.08. The number of hydrogen-bond donors (Lipinski definition) is 1. The highest BCUT2D eigenvalue weighted by atomic mass is 16.5. The van der Waals surface area contributed by atoms with Gasteiger partial charge in [0.25, 0.3) is 5.91 Å². The summed E-state index contributed by atoms with van der Waals surface area (Å²) in [5.41, 5.74) is 2.80. The number of carbonyl (C=O) groups excluding carboxylic acids is 2. The Morgan fingerprint density at radius 3 is 2.23 bits per heavy atom. The van der Waals surface area contributed by atoms with Crippen molar-refractivity contribution in [1.82, 2.24) is 5.32 Å². The van der Waals surface area contributed by atoms with Crippen molar-refractivity contribution in [2.24, 2.45) is 0 Å². The molecule has 0 bridgehead atoms. The van der Waals surface area contributed by atoms with Crippen molar-refractivity contribution < 1.29 is 14.3 Å². The third-order valence-electron chi connectivity index (χ3n) is 3.33. The molecule has 4 heteroatoms. The number of methoxy groups -OCH3 is 1. The van der Waals surface area contributed by atoms with E-state index in [2.05, 4.69) is 10.1 Å². The summed E-state index contributed by atoms with van der Waals surface area (Å²) in [7, 11) is 1.36. The van der Waals surface area contributed by atoms with Crippen molar-refractivity contribution in [3.8, 4) is 11.1 Å². The summed E-state index contributed by atoms with van der Waals surface area (Å²) >= 11 is 0. The molecule has 0 spiro atoms. The quantitative estimate of drug-likeness (QED) is 0.658. The zero-order valence-corrected chi connectivity index (χ0v) is 12.5. The summed E-state index contributed by atoms with van der Waals surface area (Å²) in [5, 5.41) is 2.79. The average Bonchev–Trinajstić information content (AvgIpc) is 2.59. The van der Waals surface area contributed by atoms with Crippen molar-refractivity contribution in [3.05, 3.63) is 60.2 Å². The van der Waals surface area contributed by atoms with E-state index in [1.807, 2.05) is 42.5 Å². The van der Waals surface area contributed by atoms with Gasteiger partial charge in [0.05, 0.1) is 7.11 Å². The van der Waals surface area contributed by atoms with Gasteiger partial charge in [0, 0.05) is 18.5 Å². The molecule has 0 aliphatic heterocycles. The Kier molecular flexibility index (Phi) is 5.72. The van der Waals surface area contributed by atoms with Crippen molar-refractivity contribution >= 4 is 11.9 Å². The van der Waals surface area contributed by atoms with Gasteiger partial charge in [0.15, 0.2) is 0 Å². The predicted octanol–water partition coefficient (Wildman–Crippen LogP) is 3.04. The zero-order chi connectivity index (χ0) is 15.8. The van der Waals surface area contributed by atoms with E-state index < -0.39 is 0 Å². The van der Waals surface area contributed by atoms with Crippen molar-refractivity contribution in [2.45, 2.75) is 12.8 Å². The van der Waals surface area contributed by atoms with Crippen LogP contribution in [0.3, 0.4) is 0 Å². The van der Waals surface area contributed by atoms with Gasteiger partial charge in [-0.3, -0.25) is 9.59 Å². The Balaban J connectivity index is 1.87. The van der Waals surface area contributed by atoms with Crippen LogP contribution in [0, 0.1) is 0 Å². The molecule has 2 rings (SSSR count). The maximum absolute atomic E-state index is 12.0. The molecule has 0 saturated carbocycles. The summed E-state index contributed by atoms with van der Waals surface area (Å²) in [4.78, 5) is 22.9. The first kappa shape index (κ1) is 15.8. The van der Waals surface area contributed by atoms with Crippen LogP contribution in [0.1, 0.15) is 23.2 Å². The highest BCUT2D eigenvalue weighted by Gasteiger charge is 2.06. The number of nitrogens with one attached hydrogen (secondary N) is 1. The number of esters is 1. The molecule has 0 fully saturated rings. The summed E-state index contributed by atoms with van der Waals surface area (Å²) in [6.07, 6.45) is 0.879. The molecule has 22 heavy (non-hydrogen) atoms. The topological polar surface area (TPSA) is 55.4 Å². The molecule has 114 valence electrons. The number of hydrogen-bond acceptors (Lipinski definition) is 3. The molecule has 0 atom stereocenters. The van der Waals surface area contributed by atoms with Crippen LogP contribution in [0.2, 0.25) is 0 Å². The molecule has 0 heterocycles. The van der Waals surface area contributed by atoms with Crippen LogP contribution < -0.4 is 5.32 Å². The first-order valence-electron chi connectivity index (χ1n) is 7.21. The molecule has 0 saturated heterocycles. The van der Waals surface area contributed by atoms with Gasteiger partial charge in [-0.1, -0.05) is 42.5 Å². The Morgan fingerprint density at radius 2 is 1.59 bits per heavy atom. The lowest BCUT2D eigenvalue weighted by atomic mass is 10.0. The van der Waals surface area contributed by atoms with Crippen molar-refractivity contribution in [3.63, 3.8) is 0 Å². The molecular weight excluding hydrogens is 278 g/mol. The van der Waals surface area contributed by atoms with E-state index in [0.29, 0.717) is 24.9 Å². The van der Waals surface area contributed by atoms with Gasteiger partial charge in [-0.2, -0.15) is 0 Å². The fourth-order valence-corrected chi connectivity index (χ4v) is 2.08. The molecule has 1 N–H and O–H groups in total. The van der Waals surface area contributed by atoms with Gasteiger partial charge in [-0.05, 0) is 29.7 Å². The SMILES string of the molecule is COC(=O)CCCNC(=O)c1ccc(-c2ccccc2)cc1. The van der Waals surface area contributed by atoms with E-state index in [9.17, 15) is 9.59 Å². The van der Waals surface area contributed by atoms with Gasteiger partial charge in [0.2, 0.25) is 0 Å². The van der Waals surface area contributed by atoms with Gasteiger partial charge in [-0.15, -0.1) is 0 Å². The van der Waals surface area contributed by atoms with E-state index in [1.165, 1.54) is 7.11 Å². The molecule has 0 aromatic heterocycles. The third kappa shape index (κ3) is 4.45. The highest BCUT2D eigenvalue weighted by Crippen LogP contribution is 2.19. The van der Waals surface area contributed by atoms with E-state index >= 15 is 0 Å². The maximum atomic E-state index is 12.0. The summed E-state index contributed by atoms with van der Waals surface area (Å²) < 4.78 is 4.55. The second-order valence-corrected chi connectivity index (χ2v) is 4.88. The monoisotopic (exact) mass is 297 g/mol. The molecule has 2 aromatic rings. The van der Waals surface area contributed by atoms with Gasteiger partial charge >= 0.3 is 5.97 Å².